The van der Waals surface area contributed by atoms with Crippen LogP contribution in [0.1, 0.15) is 11.1 Å². The number of benzene rings is 3. The van der Waals surface area contributed by atoms with Crippen molar-refractivity contribution in [2.24, 2.45) is 0 Å². The number of halogens is 1. The van der Waals surface area contributed by atoms with Crippen LogP contribution in [0.15, 0.2) is 97.1 Å². The fraction of sp³-hybridized carbons (Fsp3) is 0.0800. The predicted octanol–water partition coefficient (Wildman–Crippen LogP) is 2.21. The fourth-order valence-electron chi connectivity index (χ4n) is 3.16. The summed E-state index contributed by atoms with van der Waals surface area (Å²) in [5.74, 6) is 0.893. The molecule has 5 nitrogen and oxygen atoms in total. The summed E-state index contributed by atoms with van der Waals surface area (Å²) in [5.41, 5.74) is 5.16. The molecule has 0 saturated heterocycles. The highest BCUT2D eigenvalue weighted by atomic mass is 35.7. The summed E-state index contributed by atoms with van der Waals surface area (Å²) < 4.78 is 39.3. The molecule has 1 heterocycles. The van der Waals surface area contributed by atoms with Crippen LogP contribution in [0.3, 0.4) is 0 Å². The van der Waals surface area contributed by atoms with Crippen molar-refractivity contribution in [1.82, 2.24) is 0 Å². The number of methoxy groups -OCH3 is 1. The van der Waals surface area contributed by atoms with E-state index < -0.39 is 10.2 Å². The first kappa shape index (κ1) is 23.8. The molecule has 32 heavy (non-hydrogen) atoms. The summed E-state index contributed by atoms with van der Waals surface area (Å²) in [6.45, 7) is 0. The maximum absolute atomic E-state index is 8.49. The van der Waals surface area contributed by atoms with Crippen molar-refractivity contribution in [3.63, 3.8) is 0 Å². The molecule has 0 atom stereocenters. The zero-order valence-corrected chi connectivity index (χ0v) is 18.8. The Morgan fingerprint density at radius 2 is 1.31 bits per heavy atom. The van der Waals surface area contributed by atoms with Gasteiger partial charge in [0.05, 0.1) is 17.6 Å². The second-order valence-electron chi connectivity index (χ2n) is 6.79. The van der Waals surface area contributed by atoms with Crippen LogP contribution in [-0.2, 0) is 6.42 Å². The highest BCUT2D eigenvalue weighted by Crippen LogP contribution is 2.36. The van der Waals surface area contributed by atoms with Crippen LogP contribution in [0.4, 0.5) is 0 Å². The van der Waals surface area contributed by atoms with Gasteiger partial charge in [-0.3, -0.25) is 0 Å². The van der Waals surface area contributed by atoms with Crippen LogP contribution in [0.5, 0.6) is 5.75 Å². The van der Waals surface area contributed by atoms with Crippen LogP contribution >= 0.6 is 11.3 Å². The molecule has 1 aromatic heterocycles. The number of ether oxygens (including phenoxy) is 1. The van der Waals surface area contributed by atoms with Gasteiger partial charge in [-0.2, -0.15) is 0 Å². The largest absolute Gasteiger partial charge is 0.497 e. The molecule has 0 fully saturated rings. The van der Waals surface area contributed by atoms with Crippen LogP contribution in [0.2, 0.25) is 0 Å². The Balaban J connectivity index is 0.000000523. The van der Waals surface area contributed by atoms with Gasteiger partial charge in [-0.05, 0) is 48.0 Å². The lowest BCUT2D eigenvalue weighted by atomic mass is 10.0. The topological polar surface area (TPSA) is 101 Å². The molecule has 0 radical (unpaired) electrons. The van der Waals surface area contributed by atoms with Crippen LogP contribution < -0.4 is 23.4 Å². The van der Waals surface area contributed by atoms with E-state index in [1.54, 1.807) is 7.11 Å². The Bertz CT molecular complexity index is 1110. The van der Waals surface area contributed by atoms with Gasteiger partial charge in [0.15, 0.2) is 0 Å². The zero-order chi connectivity index (χ0) is 23.0. The molecule has 0 amide bonds. The molecule has 0 spiro atoms. The number of hydrogen-bond acceptors (Lipinski definition) is 6. The SMILES string of the molecule is COc1ccc(Cc2ccc(-c3ccccc3)s[c+]2-c2ccccc2)cc1.[O-][Cl+3]([O-])([O-])[O-]. The van der Waals surface area contributed by atoms with Gasteiger partial charge in [-0.15, -0.1) is 10.2 Å². The summed E-state index contributed by atoms with van der Waals surface area (Å²) in [6, 6.07) is 34.1. The van der Waals surface area contributed by atoms with Crippen molar-refractivity contribution in [3.8, 4) is 26.6 Å². The van der Waals surface area contributed by atoms with Gasteiger partial charge in [0.1, 0.15) is 10.6 Å². The Kier molecular flexibility index (Phi) is 8.30. The molecule has 7 heteroatoms. The van der Waals surface area contributed by atoms with Crippen molar-refractivity contribution in [1.29, 1.82) is 0 Å². The van der Waals surface area contributed by atoms with E-state index in [1.807, 2.05) is 23.5 Å². The summed E-state index contributed by atoms with van der Waals surface area (Å²) in [6.07, 6.45) is 0.903. The molecule has 4 rings (SSSR count). The second-order valence-corrected chi connectivity index (χ2v) is 8.60. The third-order valence-corrected chi connectivity index (χ3v) is 5.88. The van der Waals surface area contributed by atoms with E-state index in [4.69, 9.17) is 23.4 Å². The summed E-state index contributed by atoms with van der Waals surface area (Å²) in [4.78, 5) is 2.61. The van der Waals surface area contributed by atoms with E-state index in [-0.39, 0.29) is 0 Å². The van der Waals surface area contributed by atoms with Crippen LogP contribution in [-0.4, -0.2) is 7.11 Å². The number of hydrogen-bond donors (Lipinski definition) is 0. The normalized spacial score (nSPS) is 10.8. The molecule has 0 bridgehead atoms. The van der Waals surface area contributed by atoms with E-state index in [0.29, 0.717) is 0 Å². The average molecular weight is 469 g/mol. The smallest absolute Gasteiger partial charge is 0.118 e. The summed E-state index contributed by atoms with van der Waals surface area (Å²) in [7, 11) is -3.24. The molecule has 0 aliphatic carbocycles. The lowest BCUT2D eigenvalue weighted by Crippen LogP contribution is -2.68. The zero-order valence-electron chi connectivity index (χ0n) is 17.3. The van der Waals surface area contributed by atoms with Gasteiger partial charge in [0.2, 0.25) is 0 Å². The Morgan fingerprint density at radius 3 is 1.88 bits per heavy atom. The maximum Gasteiger partial charge on any atom is 0.118 e. The molecular formula is C25H21ClO5S. The monoisotopic (exact) mass is 468 g/mol. The Labute approximate surface area is 193 Å². The van der Waals surface area contributed by atoms with Crippen molar-refractivity contribution in [3.05, 3.63) is 108 Å². The third kappa shape index (κ3) is 7.39. The minimum absolute atomic E-state index is 0.893. The standard InChI is InChI=1S/C25H21OS.ClHO4/c1-26-23-15-12-19(13-16-23)18-22-14-17-24(20-8-4-2-5-9-20)27-25(22)21-10-6-3-7-11-21;2-1(3,4)5/h2-17H,18H2,1H3;(H,2,3,4,5)/q+1;/p-1. The molecule has 4 aromatic rings. The molecule has 0 aliphatic heterocycles. The second kappa shape index (κ2) is 11.2. The van der Waals surface area contributed by atoms with Crippen molar-refractivity contribution >= 4 is 11.3 Å². The molecule has 164 valence electrons. The quantitative estimate of drug-likeness (QED) is 0.418. The minimum Gasteiger partial charge on any atom is -0.497 e. The van der Waals surface area contributed by atoms with Crippen molar-refractivity contribution in [2.45, 2.75) is 6.42 Å². The van der Waals surface area contributed by atoms with Gasteiger partial charge >= 0.3 is 0 Å². The third-order valence-electron chi connectivity index (χ3n) is 4.59. The van der Waals surface area contributed by atoms with E-state index in [2.05, 4.69) is 84.9 Å². The van der Waals surface area contributed by atoms with Gasteiger partial charge in [0, 0.05) is 41.8 Å². The molecule has 3 aromatic carbocycles. The summed E-state index contributed by atoms with van der Waals surface area (Å²) in [5, 5.41) is 0. The fourth-order valence-corrected chi connectivity index (χ4v) is 4.29. The van der Waals surface area contributed by atoms with Crippen molar-refractivity contribution in [2.75, 3.05) is 7.11 Å². The molecule has 0 saturated carbocycles. The van der Waals surface area contributed by atoms with E-state index >= 15 is 0 Å². The minimum atomic E-state index is -4.94. The van der Waals surface area contributed by atoms with Crippen LogP contribution in [0, 0.1) is 10.2 Å². The van der Waals surface area contributed by atoms with Gasteiger partial charge in [0.25, 0.3) is 0 Å². The first-order valence-corrected chi connectivity index (χ1v) is 11.7. The lowest BCUT2D eigenvalue weighted by molar-refractivity contribution is -2.00. The molecule has 0 N–H and O–H groups in total. The highest BCUT2D eigenvalue weighted by molar-refractivity contribution is 7.18. The average Bonchev–Trinajstić information content (AvgIpc) is 2.80. The predicted molar refractivity (Wildman–Crippen MR) is 115 cm³/mol. The highest BCUT2D eigenvalue weighted by Gasteiger charge is 2.16. The first-order chi connectivity index (χ1) is 15.3. The van der Waals surface area contributed by atoms with E-state index in [1.165, 1.54) is 32.0 Å². The first-order valence-electron chi connectivity index (χ1n) is 9.65. The Hall–Kier alpha value is -2.84. The Morgan fingerprint density at radius 1 is 0.750 bits per heavy atom. The molecule has 0 aliphatic rings. The summed E-state index contributed by atoms with van der Waals surface area (Å²) >= 11 is 1.86. The van der Waals surface area contributed by atoms with Gasteiger partial charge < -0.3 is 4.74 Å². The van der Waals surface area contributed by atoms with Gasteiger partial charge in [-0.25, -0.2) is 18.6 Å². The maximum atomic E-state index is 8.49. The lowest BCUT2D eigenvalue weighted by Gasteiger charge is -2.17. The van der Waals surface area contributed by atoms with E-state index in [0.717, 1.165) is 12.2 Å². The molecular weight excluding hydrogens is 448 g/mol. The van der Waals surface area contributed by atoms with Gasteiger partial charge in [-0.1, -0.05) is 41.7 Å². The van der Waals surface area contributed by atoms with Crippen molar-refractivity contribution < 1.29 is 33.6 Å². The van der Waals surface area contributed by atoms with E-state index in [9.17, 15) is 0 Å². The number of rotatable bonds is 5. The van der Waals surface area contributed by atoms with Crippen LogP contribution in [0.25, 0.3) is 20.9 Å². The molecule has 0 unspecified atom stereocenters.